The highest BCUT2D eigenvalue weighted by atomic mass is 19.1. The van der Waals surface area contributed by atoms with Crippen molar-refractivity contribution in [2.45, 2.75) is 38.5 Å². The molecule has 1 aliphatic heterocycles. The highest BCUT2D eigenvalue weighted by Gasteiger charge is 2.44. The van der Waals surface area contributed by atoms with Crippen molar-refractivity contribution in [1.82, 2.24) is 5.32 Å². The van der Waals surface area contributed by atoms with Gasteiger partial charge in [-0.2, -0.15) is 0 Å². The number of esters is 1. The fourth-order valence-electron chi connectivity index (χ4n) is 4.17. The van der Waals surface area contributed by atoms with Crippen LogP contribution in [0.1, 0.15) is 47.3 Å². The minimum absolute atomic E-state index is 0.0864. The Bertz CT molecular complexity index is 946. The van der Waals surface area contributed by atoms with Crippen molar-refractivity contribution in [3.63, 3.8) is 0 Å². The molecule has 3 unspecified atom stereocenters. The maximum atomic E-state index is 15.3. The molecule has 1 amide bonds. The van der Waals surface area contributed by atoms with Gasteiger partial charge in [0, 0.05) is 23.2 Å². The summed E-state index contributed by atoms with van der Waals surface area (Å²) in [5.74, 6) is -1.03. The van der Waals surface area contributed by atoms with E-state index in [0.29, 0.717) is 11.6 Å². The van der Waals surface area contributed by atoms with Gasteiger partial charge in [-0.25, -0.2) is 14.0 Å². The predicted octanol–water partition coefficient (Wildman–Crippen LogP) is 4.42. The number of ether oxygens (including phenoxy) is 2. The first-order valence-electron chi connectivity index (χ1n) is 10.1. The summed E-state index contributed by atoms with van der Waals surface area (Å²) < 4.78 is 25.4. The number of methoxy groups -OCH3 is 1. The van der Waals surface area contributed by atoms with Crippen molar-refractivity contribution in [3.05, 3.63) is 65.0 Å². The van der Waals surface area contributed by atoms with E-state index in [0.717, 1.165) is 18.4 Å². The van der Waals surface area contributed by atoms with Gasteiger partial charge >= 0.3 is 12.1 Å². The fraction of sp³-hybridized carbons (Fsp3) is 0.391. The maximum absolute atomic E-state index is 15.3. The molecule has 0 bridgehead atoms. The summed E-state index contributed by atoms with van der Waals surface area (Å²) in [6.07, 6.45) is 1.58. The van der Waals surface area contributed by atoms with E-state index in [1.54, 1.807) is 6.07 Å². The van der Waals surface area contributed by atoms with Crippen LogP contribution in [0.15, 0.2) is 42.5 Å². The van der Waals surface area contributed by atoms with Crippen LogP contribution in [0.25, 0.3) is 0 Å². The van der Waals surface area contributed by atoms with E-state index in [1.807, 2.05) is 37.3 Å². The van der Waals surface area contributed by atoms with Gasteiger partial charge in [0.05, 0.1) is 18.7 Å². The van der Waals surface area contributed by atoms with E-state index in [9.17, 15) is 9.59 Å². The van der Waals surface area contributed by atoms with Crippen molar-refractivity contribution in [1.29, 1.82) is 0 Å². The first kappa shape index (κ1) is 20.2. The smallest absolute Gasteiger partial charge is 0.407 e. The highest BCUT2D eigenvalue weighted by Crippen LogP contribution is 2.46. The molecule has 3 atom stereocenters. The number of halogens is 1. The van der Waals surface area contributed by atoms with E-state index in [-0.39, 0.29) is 29.7 Å². The summed E-state index contributed by atoms with van der Waals surface area (Å²) in [5.41, 5.74) is 1.56. The van der Waals surface area contributed by atoms with E-state index < -0.39 is 23.9 Å². The van der Waals surface area contributed by atoms with Gasteiger partial charge in [-0.15, -0.1) is 0 Å². The molecular weight excluding hydrogens is 387 g/mol. The van der Waals surface area contributed by atoms with Gasteiger partial charge in [-0.1, -0.05) is 37.3 Å². The minimum atomic E-state index is -0.752. The van der Waals surface area contributed by atoms with Crippen LogP contribution in [-0.2, 0) is 16.1 Å². The molecule has 1 heterocycles. The quantitative estimate of drug-likeness (QED) is 0.711. The number of carbonyl (C=O) groups is 2. The van der Waals surface area contributed by atoms with Gasteiger partial charge in [0.25, 0.3) is 0 Å². The molecule has 1 saturated carbocycles. The second kappa shape index (κ2) is 8.34. The number of rotatable bonds is 5. The summed E-state index contributed by atoms with van der Waals surface area (Å²) in [5, 5.41) is 6.25. The Morgan fingerprint density at radius 2 is 1.90 bits per heavy atom. The van der Waals surface area contributed by atoms with Crippen LogP contribution in [0.4, 0.5) is 14.9 Å². The van der Waals surface area contributed by atoms with E-state index >= 15 is 4.39 Å². The Kier molecular flexibility index (Phi) is 5.61. The Morgan fingerprint density at radius 1 is 1.17 bits per heavy atom. The number of benzene rings is 2. The van der Waals surface area contributed by atoms with Crippen molar-refractivity contribution < 1.29 is 23.5 Å². The zero-order valence-corrected chi connectivity index (χ0v) is 17.0. The maximum Gasteiger partial charge on any atom is 0.407 e. The lowest BCUT2D eigenvalue weighted by molar-refractivity contribution is 0.0595. The summed E-state index contributed by atoms with van der Waals surface area (Å²) in [4.78, 5) is 24.5. The van der Waals surface area contributed by atoms with Crippen molar-refractivity contribution in [2.75, 3.05) is 12.4 Å². The summed E-state index contributed by atoms with van der Waals surface area (Å²) in [6, 6.07) is 11.9. The molecule has 0 aromatic heterocycles. The Morgan fingerprint density at radius 3 is 2.57 bits per heavy atom. The molecule has 2 aromatic rings. The number of fused-ring (bicyclic) bond motifs is 1. The van der Waals surface area contributed by atoms with Crippen LogP contribution in [0, 0.1) is 17.7 Å². The lowest BCUT2D eigenvalue weighted by Crippen LogP contribution is -2.45. The molecule has 4 rings (SSSR count). The van der Waals surface area contributed by atoms with Crippen LogP contribution >= 0.6 is 0 Å². The molecule has 2 aromatic carbocycles. The van der Waals surface area contributed by atoms with Crippen molar-refractivity contribution in [2.24, 2.45) is 11.8 Å². The highest BCUT2D eigenvalue weighted by molar-refractivity contribution is 5.91. The summed E-state index contributed by atoms with van der Waals surface area (Å²) >= 11 is 0. The molecule has 7 heteroatoms. The number of hydrogen-bond donors (Lipinski definition) is 2. The summed E-state index contributed by atoms with van der Waals surface area (Å²) in [6.45, 7) is 2.10. The molecule has 1 aliphatic carbocycles. The molecule has 0 radical (unpaired) electrons. The normalized spacial score (nSPS) is 22.4. The number of carbonyl (C=O) groups excluding carboxylic acids is 2. The van der Waals surface area contributed by atoms with Gasteiger partial charge in [-0.05, 0) is 36.5 Å². The molecule has 1 fully saturated rings. The number of alkyl carbamates (subject to hydrolysis) is 1. The summed E-state index contributed by atoms with van der Waals surface area (Å²) in [7, 11) is 1.21. The van der Waals surface area contributed by atoms with Crippen LogP contribution in [0.2, 0.25) is 0 Å². The Balaban J connectivity index is 1.60. The zero-order chi connectivity index (χ0) is 21.3. The molecule has 2 N–H and O–H groups in total. The number of anilines is 1. The average Bonchev–Trinajstić information content (AvgIpc) is 3.59. The third-order valence-electron chi connectivity index (χ3n) is 5.93. The minimum Gasteiger partial charge on any atom is -0.465 e. The van der Waals surface area contributed by atoms with Gasteiger partial charge in [0.2, 0.25) is 0 Å². The van der Waals surface area contributed by atoms with Gasteiger partial charge in [0.15, 0.2) is 0 Å². The predicted molar refractivity (Wildman–Crippen MR) is 110 cm³/mol. The van der Waals surface area contributed by atoms with Gasteiger partial charge in [-0.3, -0.25) is 0 Å². The SMILES string of the molecule is COC(=O)c1ccc2c(c1F)C(NC(=O)OCc1ccccc1)C(C)C(C1CC1)N2. The number of amides is 1. The van der Waals surface area contributed by atoms with Crippen LogP contribution in [-0.4, -0.2) is 25.2 Å². The largest absolute Gasteiger partial charge is 0.465 e. The van der Waals surface area contributed by atoms with E-state index in [1.165, 1.54) is 13.2 Å². The van der Waals surface area contributed by atoms with Crippen LogP contribution in [0.3, 0.4) is 0 Å². The molecule has 158 valence electrons. The van der Waals surface area contributed by atoms with Crippen molar-refractivity contribution in [3.8, 4) is 0 Å². The monoisotopic (exact) mass is 412 g/mol. The molecule has 2 aliphatic rings. The lowest BCUT2D eigenvalue weighted by Gasteiger charge is -2.39. The van der Waals surface area contributed by atoms with E-state index in [4.69, 9.17) is 9.47 Å². The second-order valence-electron chi connectivity index (χ2n) is 7.93. The van der Waals surface area contributed by atoms with Gasteiger partial charge < -0.3 is 20.1 Å². The molecule has 0 saturated heterocycles. The van der Waals surface area contributed by atoms with E-state index in [2.05, 4.69) is 10.6 Å². The molecule has 0 spiro atoms. The lowest BCUT2D eigenvalue weighted by atomic mass is 9.81. The van der Waals surface area contributed by atoms with Crippen LogP contribution < -0.4 is 10.6 Å². The number of nitrogens with one attached hydrogen (secondary N) is 2. The van der Waals surface area contributed by atoms with Crippen molar-refractivity contribution >= 4 is 17.7 Å². The molecular formula is C23H25FN2O4. The topological polar surface area (TPSA) is 76.7 Å². The third kappa shape index (κ3) is 3.97. The standard InChI is InChI=1S/C23H25FN2O4/c1-13-20(15-8-9-15)25-17-11-10-16(22(27)29-2)19(24)18(17)21(13)26-23(28)30-12-14-6-4-3-5-7-14/h3-7,10-11,13,15,20-21,25H,8-9,12H2,1-2H3,(H,26,28). The van der Waals surface area contributed by atoms with Crippen LogP contribution in [0.5, 0.6) is 0 Å². The zero-order valence-electron chi connectivity index (χ0n) is 17.0. The number of hydrogen-bond acceptors (Lipinski definition) is 5. The van der Waals surface area contributed by atoms with Gasteiger partial charge in [0.1, 0.15) is 12.4 Å². The second-order valence-corrected chi connectivity index (χ2v) is 7.93. The first-order valence-corrected chi connectivity index (χ1v) is 10.1. The Hall–Kier alpha value is -3.09. The Labute approximate surface area is 174 Å². The fourth-order valence-corrected chi connectivity index (χ4v) is 4.17. The molecule has 6 nitrogen and oxygen atoms in total. The average molecular weight is 412 g/mol. The third-order valence-corrected chi connectivity index (χ3v) is 5.93. The molecule has 30 heavy (non-hydrogen) atoms. The first-order chi connectivity index (χ1) is 14.5.